The van der Waals surface area contributed by atoms with Crippen molar-refractivity contribution in [2.24, 2.45) is 0 Å². The first kappa shape index (κ1) is 27.0. The van der Waals surface area contributed by atoms with Crippen LogP contribution in [0.4, 0.5) is 8.78 Å². The maximum atomic E-state index is 13.6. The minimum absolute atomic E-state index is 0.00655. The van der Waals surface area contributed by atoms with Gasteiger partial charge in [0.05, 0.1) is 11.8 Å². The maximum Gasteiger partial charge on any atom is 0.265 e. The van der Waals surface area contributed by atoms with E-state index in [4.69, 9.17) is 0 Å². The quantitative estimate of drug-likeness (QED) is 0.409. The topological polar surface area (TPSA) is 133 Å². The molecule has 2 heterocycles. The first-order valence-corrected chi connectivity index (χ1v) is 13.4. The number of carbonyl (C=O) groups is 4. The smallest absolute Gasteiger partial charge is 0.265 e. The first-order valence-electron chi connectivity index (χ1n) is 11.9. The Kier molecular flexibility index (Phi) is 8.50. The highest BCUT2D eigenvalue weighted by atomic mass is 32.2. The highest BCUT2D eigenvalue weighted by molar-refractivity contribution is 7.90. The van der Waals surface area contributed by atoms with Crippen LogP contribution in [0, 0.1) is 0 Å². The minimum Gasteiger partial charge on any atom is -0.342 e. The van der Waals surface area contributed by atoms with E-state index >= 15 is 0 Å². The summed E-state index contributed by atoms with van der Waals surface area (Å²) in [7, 11) is -3.79. The molecule has 0 spiro atoms. The SMILES string of the molecule is C=CCC(NC(=O)[C@@H]1CCCN1C(=O)CCC(=O)N1CCCC(F)(F)C1)C(=O)NS(=O)(=O)C1CC1. The van der Waals surface area contributed by atoms with Gasteiger partial charge in [0.15, 0.2) is 0 Å². The number of hydrogen-bond acceptors (Lipinski definition) is 6. The number of amides is 4. The molecule has 0 aromatic heterocycles. The van der Waals surface area contributed by atoms with E-state index in [0.717, 1.165) is 4.90 Å². The van der Waals surface area contributed by atoms with Crippen LogP contribution in [0.2, 0.25) is 0 Å². The fourth-order valence-electron chi connectivity index (χ4n) is 4.37. The van der Waals surface area contributed by atoms with E-state index in [-0.39, 0.29) is 45.2 Å². The molecule has 0 radical (unpaired) electrons. The van der Waals surface area contributed by atoms with Gasteiger partial charge in [-0.3, -0.25) is 23.9 Å². The fraction of sp³-hybridized carbons (Fsp3) is 0.727. The molecule has 3 rings (SSSR count). The van der Waals surface area contributed by atoms with Crippen molar-refractivity contribution in [2.75, 3.05) is 19.6 Å². The van der Waals surface area contributed by atoms with Crippen LogP contribution < -0.4 is 10.0 Å². The number of nitrogens with zero attached hydrogens (tertiary/aromatic N) is 2. The van der Waals surface area contributed by atoms with Crippen molar-refractivity contribution in [3.05, 3.63) is 12.7 Å². The second-order valence-electron chi connectivity index (χ2n) is 9.32. The largest absolute Gasteiger partial charge is 0.342 e. The van der Waals surface area contributed by atoms with Crippen LogP contribution in [0.15, 0.2) is 12.7 Å². The number of rotatable bonds is 10. The Bertz CT molecular complexity index is 969. The van der Waals surface area contributed by atoms with Gasteiger partial charge < -0.3 is 15.1 Å². The highest BCUT2D eigenvalue weighted by Crippen LogP contribution is 2.28. The van der Waals surface area contributed by atoms with Crippen molar-refractivity contribution in [1.82, 2.24) is 19.8 Å². The van der Waals surface area contributed by atoms with Crippen molar-refractivity contribution in [3.8, 4) is 0 Å². The molecule has 3 aliphatic rings. The Morgan fingerprint density at radius 2 is 1.74 bits per heavy atom. The average Bonchev–Trinajstić information content (AvgIpc) is 3.54. The molecule has 0 bridgehead atoms. The van der Waals surface area contributed by atoms with E-state index in [1.165, 1.54) is 11.0 Å². The summed E-state index contributed by atoms with van der Waals surface area (Å²) in [5, 5.41) is 1.91. The second-order valence-corrected chi connectivity index (χ2v) is 11.3. The van der Waals surface area contributed by atoms with E-state index in [1.54, 1.807) is 0 Å². The van der Waals surface area contributed by atoms with Gasteiger partial charge in [-0.2, -0.15) is 0 Å². The third-order valence-electron chi connectivity index (χ3n) is 6.42. The van der Waals surface area contributed by atoms with Crippen LogP contribution in [0.1, 0.15) is 57.8 Å². The molecule has 4 amide bonds. The third kappa shape index (κ3) is 7.21. The molecule has 196 valence electrons. The van der Waals surface area contributed by atoms with E-state index in [1.807, 2.05) is 4.72 Å². The second kappa shape index (κ2) is 11.0. The van der Waals surface area contributed by atoms with Gasteiger partial charge in [-0.1, -0.05) is 6.08 Å². The number of nitrogens with one attached hydrogen (secondary N) is 2. The zero-order valence-electron chi connectivity index (χ0n) is 19.5. The van der Waals surface area contributed by atoms with Crippen LogP contribution in [0.25, 0.3) is 0 Å². The standard InChI is InChI=1S/C22H32F2N4O6S/c1-2-5-16(20(31)26-35(33,34)15-7-8-15)25-21(32)17-6-3-13-28(17)19(30)10-9-18(29)27-12-4-11-22(23,24)14-27/h2,15-17H,1,3-14H2,(H,25,32)(H,26,31)/t16?,17-/m0/s1. The first-order chi connectivity index (χ1) is 16.4. The number of hydrogen-bond donors (Lipinski definition) is 2. The van der Waals surface area contributed by atoms with Crippen molar-refractivity contribution >= 4 is 33.7 Å². The number of likely N-dealkylation sites (tertiary alicyclic amines) is 2. The summed E-state index contributed by atoms with van der Waals surface area (Å²) in [6, 6.07) is -2.05. The zero-order chi connectivity index (χ0) is 25.8. The number of alkyl halides is 2. The van der Waals surface area contributed by atoms with Crippen LogP contribution >= 0.6 is 0 Å². The van der Waals surface area contributed by atoms with Crippen molar-refractivity contribution in [3.63, 3.8) is 0 Å². The Balaban J connectivity index is 1.54. The normalized spacial score (nSPS) is 22.9. The number of carbonyl (C=O) groups excluding carboxylic acids is 4. The summed E-state index contributed by atoms with van der Waals surface area (Å²) in [4.78, 5) is 52.8. The van der Waals surface area contributed by atoms with Crippen LogP contribution in [-0.4, -0.2) is 84.7 Å². The Labute approximate surface area is 203 Å². The van der Waals surface area contributed by atoms with Crippen molar-refractivity contribution in [2.45, 2.75) is 81.0 Å². The van der Waals surface area contributed by atoms with E-state index in [9.17, 15) is 36.4 Å². The van der Waals surface area contributed by atoms with E-state index < -0.39 is 63.5 Å². The molecule has 10 nitrogen and oxygen atoms in total. The van der Waals surface area contributed by atoms with Crippen molar-refractivity contribution < 1.29 is 36.4 Å². The third-order valence-corrected chi connectivity index (χ3v) is 8.25. The summed E-state index contributed by atoms with van der Waals surface area (Å²) >= 11 is 0. The molecule has 0 aromatic carbocycles. The molecule has 0 aromatic rings. The lowest BCUT2D eigenvalue weighted by atomic mass is 10.1. The van der Waals surface area contributed by atoms with Gasteiger partial charge in [-0.25, -0.2) is 17.2 Å². The summed E-state index contributed by atoms with van der Waals surface area (Å²) in [6.07, 6.45) is 2.67. The summed E-state index contributed by atoms with van der Waals surface area (Å²) in [5.41, 5.74) is 0. The molecule has 2 saturated heterocycles. The molecule has 3 fully saturated rings. The van der Waals surface area contributed by atoms with Crippen molar-refractivity contribution in [1.29, 1.82) is 0 Å². The van der Waals surface area contributed by atoms with Gasteiger partial charge in [0.2, 0.25) is 27.7 Å². The molecule has 2 aliphatic heterocycles. The van der Waals surface area contributed by atoms with Crippen LogP contribution in [0.3, 0.4) is 0 Å². The minimum atomic E-state index is -3.79. The highest BCUT2D eigenvalue weighted by Gasteiger charge is 2.40. The predicted molar refractivity (Wildman–Crippen MR) is 122 cm³/mol. The Morgan fingerprint density at radius 3 is 2.37 bits per heavy atom. The van der Waals surface area contributed by atoms with Gasteiger partial charge in [0, 0.05) is 32.4 Å². The van der Waals surface area contributed by atoms with E-state index in [2.05, 4.69) is 11.9 Å². The lowest BCUT2D eigenvalue weighted by molar-refractivity contribution is -0.145. The molecule has 1 aliphatic carbocycles. The average molecular weight is 519 g/mol. The number of sulfonamides is 1. The summed E-state index contributed by atoms with van der Waals surface area (Å²) in [5.74, 6) is -5.39. The molecule has 2 N–H and O–H groups in total. The fourth-order valence-corrected chi connectivity index (χ4v) is 5.72. The predicted octanol–water partition coefficient (Wildman–Crippen LogP) is 0.685. The number of piperidine rings is 1. The van der Waals surface area contributed by atoms with Gasteiger partial charge in [-0.15, -0.1) is 6.58 Å². The molecule has 1 unspecified atom stereocenters. The Morgan fingerprint density at radius 1 is 1.06 bits per heavy atom. The van der Waals surface area contributed by atoms with Gasteiger partial charge in [0.1, 0.15) is 12.1 Å². The van der Waals surface area contributed by atoms with Gasteiger partial charge in [0.25, 0.3) is 11.8 Å². The van der Waals surface area contributed by atoms with Gasteiger partial charge in [-0.05, 0) is 38.5 Å². The molecule has 35 heavy (non-hydrogen) atoms. The molecule has 1 saturated carbocycles. The number of halogens is 2. The van der Waals surface area contributed by atoms with Gasteiger partial charge >= 0.3 is 0 Å². The molecular weight excluding hydrogens is 486 g/mol. The molecular formula is C22H32F2N4O6S. The lowest BCUT2D eigenvalue weighted by Gasteiger charge is -2.32. The lowest BCUT2D eigenvalue weighted by Crippen LogP contribution is -2.54. The van der Waals surface area contributed by atoms with E-state index in [0.29, 0.717) is 25.7 Å². The summed E-state index contributed by atoms with van der Waals surface area (Å²) in [6.45, 7) is 3.38. The van der Waals surface area contributed by atoms with Crippen LogP contribution in [0.5, 0.6) is 0 Å². The maximum absolute atomic E-state index is 13.6. The monoisotopic (exact) mass is 518 g/mol. The van der Waals surface area contributed by atoms with Crippen LogP contribution in [-0.2, 0) is 29.2 Å². The molecule has 13 heteroatoms. The zero-order valence-corrected chi connectivity index (χ0v) is 20.3. The summed E-state index contributed by atoms with van der Waals surface area (Å²) < 4.78 is 53.3. The molecule has 2 atom stereocenters. The Hall–Kier alpha value is -2.57.